The van der Waals surface area contributed by atoms with Gasteiger partial charge in [-0.3, -0.25) is 0 Å². The van der Waals surface area contributed by atoms with Gasteiger partial charge < -0.3 is 5.32 Å². The summed E-state index contributed by atoms with van der Waals surface area (Å²) in [6.07, 6.45) is 2.32. The van der Waals surface area contributed by atoms with Crippen molar-refractivity contribution in [1.29, 1.82) is 0 Å². The van der Waals surface area contributed by atoms with Gasteiger partial charge in [0.2, 0.25) is 5.95 Å². The molecule has 1 aromatic heterocycles. The predicted molar refractivity (Wildman–Crippen MR) is 108 cm³/mol. The number of anilines is 1. The molecule has 1 saturated carbocycles. The minimum absolute atomic E-state index is 0.471. The second-order valence-electron chi connectivity index (χ2n) is 5.75. The van der Waals surface area contributed by atoms with E-state index in [-0.39, 0.29) is 0 Å². The average molecular weight is 421 g/mol. The Morgan fingerprint density at radius 2 is 1.19 bits per heavy atom. The van der Waals surface area contributed by atoms with E-state index in [1.807, 2.05) is 48.5 Å². The van der Waals surface area contributed by atoms with Crippen LogP contribution in [0.1, 0.15) is 12.8 Å². The zero-order chi connectivity index (χ0) is 17.9. The first-order valence-electron chi connectivity index (χ1n) is 8.03. The zero-order valence-corrected chi connectivity index (χ0v) is 16.7. The molecule has 1 N–H and O–H groups in total. The van der Waals surface area contributed by atoms with Gasteiger partial charge in [0.1, 0.15) is 0 Å². The maximum absolute atomic E-state index is 5.96. The van der Waals surface area contributed by atoms with E-state index in [1.165, 1.54) is 23.5 Å². The first-order chi connectivity index (χ1) is 12.6. The molecule has 0 saturated heterocycles. The molecule has 132 valence electrons. The molecular weight excluding hydrogens is 407 g/mol. The fourth-order valence-corrected chi connectivity index (χ4v) is 3.92. The standard InChI is InChI=1S/C18H14Cl2N4S2/c19-11-1-7-14(8-2-11)25-17-22-16(21-13-5-6-13)23-18(24-17)26-15-9-3-12(20)4-10-15/h1-4,7-10,13H,5-6H2,(H,21,22,23,24). The number of aromatic nitrogens is 3. The minimum Gasteiger partial charge on any atom is -0.351 e. The minimum atomic E-state index is 0.471. The van der Waals surface area contributed by atoms with Crippen molar-refractivity contribution in [2.75, 3.05) is 5.32 Å². The Balaban J connectivity index is 1.59. The molecule has 26 heavy (non-hydrogen) atoms. The Morgan fingerprint density at radius 3 is 1.62 bits per heavy atom. The van der Waals surface area contributed by atoms with Gasteiger partial charge in [0.15, 0.2) is 10.3 Å². The maximum Gasteiger partial charge on any atom is 0.227 e. The van der Waals surface area contributed by atoms with Crippen molar-refractivity contribution in [3.63, 3.8) is 0 Å². The molecule has 0 aliphatic heterocycles. The summed E-state index contributed by atoms with van der Waals surface area (Å²) in [4.78, 5) is 15.7. The highest BCUT2D eigenvalue weighted by molar-refractivity contribution is 7.99. The molecule has 0 amide bonds. The SMILES string of the molecule is Clc1ccc(Sc2nc(NC3CC3)nc(Sc3ccc(Cl)cc3)n2)cc1. The van der Waals surface area contributed by atoms with Crippen molar-refractivity contribution in [2.45, 2.75) is 39.0 Å². The summed E-state index contributed by atoms with van der Waals surface area (Å²) < 4.78 is 0. The lowest BCUT2D eigenvalue weighted by atomic mass is 10.4. The molecule has 2 aromatic carbocycles. The molecule has 4 rings (SSSR count). The molecule has 0 atom stereocenters. The molecule has 8 heteroatoms. The molecule has 0 spiro atoms. The van der Waals surface area contributed by atoms with Crippen LogP contribution in [0.5, 0.6) is 0 Å². The Kier molecular flexibility index (Phi) is 5.55. The largest absolute Gasteiger partial charge is 0.351 e. The molecule has 0 unspecified atom stereocenters. The van der Waals surface area contributed by atoms with Gasteiger partial charge in [-0.2, -0.15) is 15.0 Å². The number of hydrogen-bond acceptors (Lipinski definition) is 6. The van der Waals surface area contributed by atoms with E-state index in [2.05, 4.69) is 20.3 Å². The molecule has 1 aliphatic carbocycles. The number of hydrogen-bond donors (Lipinski definition) is 1. The summed E-state index contributed by atoms with van der Waals surface area (Å²) in [5.74, 6) is 0.621. The zero-order valence-electron chi connectivity index (χ0n) is 13.5. The topological polar surface area (TPSA) is 50.7 Å². The molecule has 0 radical (unpaired) electrons. The second kappa shape index (κ2) is 8.05. The van der Waals surface area contributed by atoms with Gasteiger partial charge in [-0.15, -0.1) is 0 Å². The summed E-state index contributed by atoms with van der Waals surface area (Å²) in [5.41, 5.74) is 0. The van der Waals surface area contributed by atoms with Crippen molar-refractivity contribution >= 4 is 52.7 Å². The van der Waals surface area contributed by atoms with Crippen LogP contribution in [-0.2, 0) is 0 Å². The lowest BCUT2D eigenvalue weighted by molar-refractivity contribution is 0.799. The van der Waals surface area contributed by atoms with Crippen LogP contribution in [0.15, 0.2) is 68.6 Å². The van der Waals surface area contributed by atoms with E-state index >= 15 is 0 Å². The third kappa shape index (κ3) is 5.04. The van der Waals surface area contributed by atoms with Gasteiger partial charge in [-0.25, -0.2) is 0 Å². The monoisotopic (exact) mass is 420 g/mol. The van der Waals surface area contributed by atoms with E-state index in [0.29, 0.717) is 32.3 Å². The number of benzene rings is 2. The van der Waals surface area contributed by atoms with Crippen LogP contribution < -0.4 is 5.32 Å². The van der Waals surface area contributed by atoms with Crippen LogP contribution in [0.4, 0.5) is 5.95 Å². The van der Waals surface area contributed by atoms with Crippen molar-refractivity contribution in [3.8, 4) is 0 Å². The van der Waals surface area contributed by atoms with Gasteiger partial charge in [0.25, 0.3) is 0 Å². The number of nitrogens with zero attached hydrogens (tertiary/aromatic N) is 3. The highest BCUT2D eigenvalue weighted by atomic mass is 35.5. The Labute approximate surface area is 170 Å². The average Bonchev–Trinajstić information content (AvgIpc) is 3.43. The third-order valence-corrected chi connectivity index (χ3v) is 5.80. The summed E-state index contributed by atoms with van der Waals surface area (Å²) in [7, 11) is 0. The summed E-state index contributed by atoms with van der Waals surface area (Å²) in [5, 5.41) is 6.08. The normalized spacial score (nSPS) is 13.6. The van der Waals surface area contributed by atoms with E-state index in [0.717, 1.165) is 22.6 Å². The summed E-state index contributed by atoms with van der Waals surface area (Å²) in [6.45, 7) is 0. The Morgan fingerprint density at radius 1 is 0.731 bits per heavy atom. The maximum atomic E-state index is 5.96. The number of nitrogens with one attached hydrogen (secondary N) is 1. The van der Waals surface area contributed by atoms with E-state index in [9.17, 15) is 0 Å². The van der Waals surface area contributed by atoms with Crippen molar-refractivity contribution in [3.05, 3.63) is 58.6 Å². The van der Waals surface area contributed by atoms with Gasteiger partial charge in [0.05, 0.1) is 0 Å². The van der Waals surface area contributed by atoms with Crippen LogP contribution in [0.25, 0.3) is 0 Å². The van der Waals surface area contributed by atoms with Crippen LogP contribution >= 0.6 is 46.7 Å². The first-order valence-corrected chi connectivity index (χ1v) is 10.4. The van der Waals surface area contributed by atoms with Gasteiger partial charge in [-0.05, 0) is 84.9 Å². The Hall–Kier alpha value is -1.47. The van der Waals surface area contributed by atoms with Gasteiger partial charge >= 0.3 is 0 Å². The first kappa shape index (κ1) is 17.9. The molecular formula is C18H14Cl2N4S2. The van der Waals surface area contributed by atoms with Crippen molar-refractivity contribution < 1.29 is 0 Å². The molecule has 4 nitrogen and oxygen atoms in total. The van der Waals surface area contributed by atoms with Gasteiger partial charge in [-0.1, -0.05) is 23.2 Å². The fraction of sp³-hybridized carbons (Fsp3) is 0.167. The predicted octanol–water partition coefficient (Wildman–Crippen LogP) is 6.06. The van der Waals surface area contributed by atoms with Crippen LogP contribution in [0.2, 0.25) is 10.0 Å². The van der Waals surface area contributed by atoms with Crippen LogP contribution in [0.3, 0.4) is 0 Å². The molecule has 1 aliphatic rings. The quantitative estimate of drug-likeness (QED) is 0.523. The second-order valence-corrected chi connectivity index (χ2v) is 8.71. The number of rotatable bonds is 6. The van der Waals surface area contributed by atoms with Crippen molar-refractivity contribution in [1.82, 2.24) is 15.0 Å². The highest BCUT2D eigenvalue weighted by Crippen LogP contribution is 2.32. The summed E-state index contributed by atoms with van der Waals surface area (Å²) >= 11 is 14.9. The van der Waals surface area contributed by atoms with Crippen LogP contribution in [0, 0.1) is 0 Å². The summed E-state index contributed by atoms with van der Waals surface area (Å²) in [6, 6.07) is 15.7. The van der Waals surface area contributed by atoms with Gasteiger partial charge in [0, 0.05) is 25.9 Å². The van der Waals surface area contributed by atoms with E-state index < -0.39 is 0 Å². The molecule has 1 fully saturated rings. The highest BCUT2D eigenvalue weighted by Gasteiger charge is 2.23. The fourth-order valence-electron chi connectivity index (χ4n) is 2.12. The third-order valence-electron chi connectivity index (χ3n) is 3.55. The number of halogens is 2. The van der Waals surface area contributed by atoms with E-state index in [4.69, 9.17) is 23.2 Å². The molecule has 0 bridgehead atoms. The molecule has 3 aromatic rings. The lowest BCUT2D eigenvalue weighted by Gasteiger charge is -2.08. The lowest BCUT2D eigenvalue weighted by Crippen LogP contribution is -2.07. The van der Waals surface area contributed by atoms with E-state index in [1.54, 1.807) is 0 Å². The smallest absolute Gasteiger partial charge is 0.227 e. The van der Waals surface area contributed by atoms with Crippen LogP contribution in [-0.4, -0.2) is 21.0 Å². The van der Waals surface area contributed by atoms with Crippen molar-refractivity contribution in [2.24, 2.45) is 0 Å². The Bertz CT molecular complexity index is 834. The molecule has 1 heterocycles.